The Kier molecular flexibility index (Phi) is 7.16. The molecule has 1 aromatic heterocycles. The van der Waals surface area contributed by atoms with E-state index in [0.717, 1.165) is 11.1 Å². The fraction of sp³-hybridized carbons (Fsp3) is 0.222. The van der Waals surface area contributed by atoms with Gasteiger partial charge in [-0.1, -0.05) is 6.07 Å². The monoisotopic (exact) mass is 372 g/mol. The number of thioether (sulfide) groups is 1. The maximum atomic E-state index is 12.0. The van der Waals surface area contributed by atoms with Crippen molar-refractivity contribution >= 4 is 29.4 Å². The minimum Gasteiger partial charge on any atom is -0.549 e. The summed E-state index contributed by atoms with van der Waals surface area (Å²) in [5.41, 5.74) is 4.97. The Hall–Kier alpha value is -2.87. The van der Waals surface area contributed by atoms with E-state index in [2.05, 4.69) is 15.5 Å². The summed E-state index contributed by atoms with van der Waals surface area (Å²) in [5.74, 6) is -0.493. The van der Waals surface area contributed by atoms with Crippen LogP contribution in [-0.4, -0.2) is 35.4 Å². The van der Waals surface area contributed by atoms with Gasteiger partial charge < -0.3 is 14.6 Å². The normalized spacial score (nSPS) is 11.1. The SMILES string of the molecule is COc1ccc(/C(C)=N\NC(=O)c2ccccn2)cc1CSCC(=O)[O-]. The Bertz CT molecular complexity index is 809. The molecule has 1 heterocycles. The van der Waals surface area contributed by atoms with Crippen LogP contribution >= 0.6 is 11.8 Å². The van der Waals surface area contributed by atoms with Gasteiger partial charge in [-0.15, -0.1) is 0 Å². The van der Waals surface area contributed by atoms with Gasteiger partial charge in [-0.25, -0.2) is 5.43 Å². The number of hydrogen-bond acceptors (Lipinski definition) is 7. The molecule has 7 nitrogen and oxygen atoms in total. The molecule has 136 valence electrons. The highest BCUT2D eigenvalue weighted by molar-refractivity contribution is 7.99. The van der Waals surface area contributed by atoms with E-state index in [4.69, 9.17) is 4.74 Å². The van der Waals surface area contributed by atoms with Crippen LogP contribution in [-0.2, 0) is 10.5 Å². The number of amides is 1. The number of pyridine rings is 1. The van der Waals surface area contributed by atoms with Crippen molar-refractivity contribution in [1.82, 2.24) is 10.4 Å². The number of ether oxygens (including phenoxy) is 1. The Labute approximate surface area is 155 Å². The molecule has 0 bridgehead atoms. The van der Waals surface area contributed by atoms with E-state index in [1.807, 2.05) is 12.1 Å². The lowest BCUT2D eigenvalue weighted by Crippen LogP contribution is -2.24. The van der Waals surface area contributed by atoms with Crippen LogP contribution < -0.4 is 15.3 Å². The van der Waals surface area contributed by atoms with Crippen molar-refractivity contribution in [2.75, 3.05) is 12.9 Å². The van der Waals surface area contributed by atoms with Crippen LogP contribution in [0.1, 0.15) is 28.5 Å². The molecule has 0 radical (unpaired) electrons. The topological polar surface area (TPSA) is 104 Å². The molecule has 0 aliphatic carbocycles. The van der Waals surface area contributed by atoms with Gasteiger partial charge >= 0.3 is 0 Å². The number of carboxylic acids is 1. The first-order chi connectivity index (χ1) is 12.5. The third-order valence-electron chi connectivity index (χ3n) is 3.40. The predicted molar refractivity (Wildman–Crippen MR) is 98.1 cm³/mol. The average Bonchev–Trinajstić information content (AvgIpc) is 2.66. The summed E-state index contributed by atoms with van der Waals surface area (Å²) in [5, 5.41) is 14.7. The smallest absolute Gasteiger partial charge is 0.289 e. The molecule has 0 unspecified atom stereocenters. The van der Waals surface area contributed by atoms with Gasteiger partial charge in [-0.05, 0) is 42.8 Å². The lowest BCUT2D eigenvalue weighted by atomic mass is 10.1. The molecule has 1 N–H and O–H groups in total. The number of benzene rings is 1. The van der Waals surface area contributed by atoms with Crippen molar-refractivity contribution < 1.29 is 19.4 Å². The first-order valence-corrected chi connectivity index (χ1v) is 8.87. The van der Waals surface area contributed by atoms with Crippen molar-refractivity contribution in [3.63, 3.8) is 0 Å². The van der Waals surface area contributed by atoms with Gasteiger partial charge in [0.2, 0.25) is 0 Å². The highest BCUT2D eigenvalue weighted by Crippen LogP contribution is 2.24. The molecule has 2 aromatic rings. The molecule has 0 saturated heterocycles. The van der Waals surface area contributed by atoms with E-state index in [1.54, 1.807) is 38.3 Å². The van der Waals surface area contributed by atoms with Crippen molar-refractivity contribution in [3.8, 4) is 5.75 Å². The van der Waals surface area contributed by atoms with Gasteiger partial charge in [-0.3, -0.25) is 9.78 Å². The molecule has 0 fully saturated rings. The molecule has 0 aliphatic heterocycles. The standard InChI is InChI=1S/C18H19N3O4S/c1-12(20-21-18(24)15-5-3-4-8-19-15)13-6-7-16(25-2)14(9-13)10-26-11-17(22)23/h3-9H,10-11H2,1-2H3,(H,21,24)(H,22,23)/p-1/b20-12-. The quantitative estimate of drug-likeness (QED) is 0.552. The first-order valence-electron chi connectivity index (χ1n) is 7.71. The number of rotatable bonds is 8. The molecule has 0 spiro atoms. The highest BCUT2D eigenvalue weighted by Gasteiger charge is 2.09. The van der Waals surface area contributed by atoms with Gasteiger partial charge in [0.15, 0.2) is 0 Å². The van der Waals surface area contributed by atoms with E-state index in [0.29, 0.717) is 17.2 Å². The first kappa shape index (κ1) is 19.5. The summed E-state index contributed by atoms with van der Waals surface area (Å²) in [6.07, 6.45) is 1.53. The summed E-state index contributed by atoms with van der Waals surface area (Å²) in [7, 11) is 1.55. The van der Waals surface area contributed by atoms with E-state index in [1.165, 1.54) is 18.0 Å². The second-order valence-corrected chi connectivity index (χ2v) is 6.23. The number of hydrogen-bond donors (Lipinski definition) is 1. The molecule has 1 amide bonds. The van der Waals surface area contributed by atoms with Crippen LogP contribution in [0.25, 0.3) is 0 Å². The number of methoxy groups -OCH3 is 1. The molecule has 0 saturated carbocycles. The Morgan fingerprint density at radius 2 is 2.12 bits per heavy atom. The second-order valence-electron chi connectivity index (χ2n) is 5.24. The van der Waals surface area contributed by atoms with Crippen molar-refractivity contribution in [3.05, 3.63) is 59.4 Å². The maximum absolute atomic E-state index is 12.0. The number of hydrazone groups is 1. The molecular weight excluding hydrogens is 354 g/mol. The van der Waals surface area contributed by atoms with Crippen LogP contribution in [0.2, 0.25) is 0 Å². The third kappa shape index (κ3) is 5.59. The van der Waals surface area contributed by atoms with Gasteiger partial charge in [-0.2, -0.15) is 16.9 Å². The number of carboxylic acid groups (broad SMARTS) is 1. The Balaban J connectivity index is 2.10. The molecule has 8 heteroatoms. The number of carbonyl (C=O) groups is 2. The summed E-state index contributed by atoms with van der Waals surface area (Å²) in [6.45, 7) is 1.76. The number of aromatic nitrogens is 1. The van der Waals surface area contributed by atoms with E-state index in [-0.39, 0.29) is 11.4 Å². The molecule has 2 rings (SSSR count). The average molecular weight is 372 g/mol. The fourth-order valence-electron chi connectivity index (χ4n) is 2.11. The molecule has 1 aromatic carbocycles. The summed E-state index contributed by atoms with van der Waals surface area (Å²) < 4.78 is 5.30. The van der Waals surface area contributed by atoms with E-state index in [9.17, 15) is 14.7 Å². The van der Waals surface area contributed by atoms with E-state index >= 15 is 0 Å². The fourth-order valence-corrected chi connectivity index (χ4v) is 2.83. The zero-order valence-corrected chi connectivity index (χ0v) is 15.2. The maximum Gasteiger partial charge on any atom is 0.289 e. The number of nitrogens with one attached hydrogen (secondary N) is 1. The van der Waals surface area contributed by atoms with Crippen molar-refractivity contribution in [1.29, 1.82) is 0 Å². The number of aliphatic carboxylic acids is 1. The van der Waals surface area contributed by atoms with Gasteiger partial charge in [0.1, 0.15) is 11.4 Å². The largest absolute Gasteiger partial charge is 0.549 e. The van der Waals surface area contributed by atoms with Crippen LogP contribution in [0.3, 0.4) is 0 Å². The van der Waals surface area contributed by atoms with Crippen LogP contribution in [0.4, 0.5) is 0 Å². The molecule has 0 aliphatic rings. The van der Waals surface area contributed by atoms with E-state index < -0.39 is 11.9 Å². The lowest BCUT2D eigenvalue weighted by Gasteiger charge is -2.11. The zero-order chi connectivity index (χ0) is 18.9. The number of carbonyl (C=O) groups excluding carboxylic acids is 2. The number of nitrogens with zero attached hydrogens (tertiary/aromatic N) is 2. The van der Waals surface area contributed by atoms with Crippen molar-refractivity contribution in [2.24, 2.45) is 5.10 Å². The molecule has 26 heavy (non-hydrogen) atoms. The van der Waals surface area contributed by atoms with Crippen molar-refractivity contribution in [2.45, 2.75) is 12.7 Å². The zero-order valence-electron chi connectivity index (χ0n) is 14.4. The van der Waals surface area contributed by atoms with Gasteiger partial charge in [0, 0.05) is 23.3 Å². The minimum atomic E-state index is -1.11. The van der Waals surface area contributed by atoms with Gasteiger partial charge in [0.05, 0.1) is 18.8 Å². The third-order valence-corrected chi connectivity index (χ3v) is 4.35. The molecule has 0 atom stereocenters. The summed E-state index contributed by atoms with van der Waals surface area (Å²) in [6, 6.07) is 10.5. The van der Waals surface area contributed by atoms with Crippen LogP contribution in [0.15, 0.2) is 47.7 Å². The predicted octanol–water partition coefficient (Wildman–Crippen LogP) is 1.23. The Morgan fingerprint density at radius 1 is 1.31 bits per heavy atom. The molecular formula is C18H18N3O4S-. The summed E-state index contributed by atoms with van der Waals surface area (Å²) in [4.78, 5) is 26.5. The van der Waals surface area contributed by atoms with Gasteiger partial charge in [0.25, 0.3) is 5.91 Å². The summed E-state index contributed by atoms with van der Waals surface area (Å²) >= 11 is 1.22. The van der Waals surface area contributed by atoms with Crippen LogP contribution in [0, 0.1) is 0 Å². The highest BCUT2D eigenvalue weighted by atomic mass is 32.2. The van der Waals surface area contributed by atoms with Crippen LogP contribution in [0.5, 0.6) is 5.75 Å². The Morgan fingerprint density at radius 3 is 2.77 bits per heavy atom. The minimum absolute atomic E-state index is 0.0966. The lowest BCUT2D eigenvalue weighted by molar-refractivity contribution is -0.301. The second kappa shape index (κ2) is 9.57.